The number of ether oxygens (including phenoxy) is 1. The molecule has 3 rings (SSSR count). The highest BCUT2D eigenvalue weighted by Crippen LogP contribution is 2.27. The van der Waals surface area contributed by atoms with Gasteiger partial charge in [-0.15, -0.1) is 0 Å². The third kappa shape index (κ3) is 4.55. The Bertz CT molecular complexity index is 948. The summed E-state index contributed by atoms with van der Waals surface area (Å²) in [7, 11) is -3.91. The molecule has 2 aromatic carbocycles. The smallest absolute Gasteiger partial charge is 0.263 e. The number of nitrogens with zero attached hydrogens (tertiary/aromatic N) is 1. The van der Waals surface area contributed by atoms with E-state index in [-0.39, 0.29) is 26.9 Å². The van der Waals surface area contributed by atoms with Crippen LogP contribution in [0.15, 0.2) is 47.4 Å². The number of sulfonamides is 1. The average Bonchev–Trinajstić information content (AvgIpc) is 2.64. The molecule has 1 amide bonds. The Hall–Kier alpha value is -1.80. The zero-order chi connectivity index (χ0) is 19.6. The van der Waals surface area contributed by atoms with Crippen molar-refractivity contribution in [3.05, 3.63) is 58.1 Å². The van der Waals surface area contributed by atoms with Crippen LogP contribution in [0.2, 0.25) is 10.0 Å². The van der Waals surface area contributed by atoms with Crippen LogP contribution in [-0.2, 0) is 14.8 Å². The molecule has 1 unspecified atom stereocenters. The van der Waals surface area contributed by atoms with Crippen LogP contribution in [0.4, 0.5) is 5.69 Å². The number of benzene rings is 2. The topological polar surface area (TPSA) is 75.7 Å². The number of nitrogens with one attached hydrogen (secondary N) is 1. The number of carbonyl (C=O) groups excluding carboxylic acids is 1. The molecule has 0 bridgehead atoms. The highest BCUT2D eigenvalue weighted by atomic mass is 35.5. The van der Waals surface area contributed by atoms with E-state index in [1.54, 1.807) is 17.0 Å². The molecule has 1 aliphatic rings. The monoisotopic (exact) mass is 428 g/mol. The Labute approximate surface area is 168 Å². The molecule has 0 aliphatic carbocycles. The molecule has 6 nitrogen and oxygen atoms in total. The maximum atomic E-state index is 12.6. The van der Waals surface area contributed by atoms with Gasteiger partial charge >= 0.3 is 0 Å². The Morgan fingerprint density at radius 1 is 1.19 bits per heavy atom. The van der Waals surface area contributed by atoms with E-state index in [2.05, 4.69) is 4.72 Å². The highest BCUT2D eigenvalue weighted by Gasteiger charge is 2.25. The van der Waals surface area contributed by atoms with Gasteiger partial charge in [0, 0.05) is 22.8 Å². The van der Waals surface area contributed by atoms with Gasteiger partial charge in [-0.2, -0.15) is 0 Å². The molecule has 0 spiro atoms. The van der Waals surface area contributed by atoms with E-state index >= 15 is 0 Å². The lowest BCUT2D eigenvalue weighted by atomic mass is 10.1. The van der Waals surface area contributed by atoms with Crippen LogP contribution in [0, 0.1) is 0 Å². The zero-order valence-electron chi connectivity index (χ0n) is 14.5. The molecule has 1 fully saturated rings. The summed E-state index contributed by atoms with van der Waals surface area (Å²) >= 11 is 11.8. The molecule has 1 N–H and O–H groups in total. The number of hydrogen-bond acceptors (Lipinski definition) is 4. The first-order valence-corrected chi connectivity index (χ1v) is 10.5. The Morgan fingerprint density at radius 3 is 2.56 bits per heavy atom. The summed E-state index contributed by atoms with van der Waals surface area (Å²) in [5.74, 6) is -0.113. The van der Waals surface area contributed by atoms with E-state index in [1.165, 1.54) is 30.3 Å². The normalized spacial score (nSPS) is 17.6. The predicted octanol–water partition coefficient (Wildman–Crippen LogP) is 3.66. The molecule has 1 heterocycles. The minimum Gasteiger partial charge on any atom is -0.377 e. The first-order valence-electron chi connectivity index (χ1n) is 8.24. The van der Waals surface area contributed by atoms with Gasteiger partial charge in [-0.25, -0.2) is 8.42 Å². The lowest BCUT2D eigenvalue weighted by molar-refractivity contribution is 0.00359. The second-order valence-electron chi connectivity index (χ2n) is 6.18. The summed E-state index contributed by atoms with van der Waals surface area (Å²) in [5.41, 5.74) is 0.796. The van der Waals surface area contributed by atoms with Gasteiger partial charge in [0.15, 0.2) is 0 Å². The molecule has 1 atom stereocenters. The van der Waals surface area contributed by atoms with E-state index in [1.807, 2.05) is 6.92 Å². The fourth-order valence-electron chi connectivity index (χ4n) is 2.77. The van der Waals surface area contributed by atoms with Crippen LogP contribution in [-0.4, -0.2) is 45.0 Å². The quantitative estimate of drug-likeness (QED) is 0.805. The predicted molar refractivity (Wildman–Crippen MR) is 105 cm³/mol. The van der Waals surface area contributed by atoms with Crippen LogP contribution in [0.3, 0.4) is 0 Å². The molecular formula is C18H18Cl2N2O4S. The van der Waals surface area contributed by atoms with E-state index in [9.17, 15) is 13.2 Å². The summed E-state index contributed by atoms with van der Waals surface area (Å²) in [6.07, 6.45) is 0. The Morgan fingerprint density at radius 2 is 1.89 bits per heavy atom. The van der Waals surface area contributed by atoms with Gasteiger partial charge in [0.25, 0.3) is 15.9 Å². The summed E-state index contributed by atoms with van der Waals surface area (Å²) in [6.45, 7) is 3.47. The summed E-state index contributed by atoms with van der Waals surface area (Å²) in [6, 6.07) is 10.4. The molecule has 27 heavy (non-hydrogen) atoms. The maximum Gasteiger partial charge on any atom is 0.263 e. The number of hydrogen-bond donors (Lipinski definition) is 1. The summed E-state index contributed by atoms with van der Waals surface area (Å²) in [4.78, 5) is 14.2. The SMILES string of the molecule is CC1COCCN1C(=O)c1ccc(NS(=O)(=O)c2cc(Cl)ccc2Cl)cc1. The molecule has 2 aromatic rings. The maximum absolute atomic E-state index is 12.6. The van der Waals surface area contributed by atoms with Gasteiger partial charge in [-0.1, -0.05) is 23.2 Å². The van der Waals surface area contributed by atoms with Crippen LogP contribution >= 0.6 is 23.2 Å². The average molecular weight is 429 g/mol. The van der Waals surface area contributed by atoms with Crippen molar-refractivity contribution >= 4 is 44.8 Å². The standard InChI is InChI=1S/C18H18Cl2N2O4S/c1-12-11-26-9-8-22(12)18(23)13-2-5-15(6-3-13)21-27(24,25)17-10-14(19)4-7-16(17)20/h2-7,10,12,21H,8-9,11H2,1H3. The minimum atomic E-state index is -3.91. The van der Waals surface area contributed by atoms with E-state index in [4.69, 9.17) is 27.9 Å². The van der Waals surface area contributed by atoms with Gasteiger partial charge < -0.3 is 9.64 Å². The van der Waals surface area contributed by atoms with Gasteiger partial charge in [0.1, 0.15) is 4.90 Å². The fraction of sp³-hybridized carbons (Fsp3) is 0.278. The van der Waals surface area contributed by atoms with Crippen molar-refractivity contribution in [3.8, 4) is 0 Å². The van der Waals surface area contributed by atoms with Gasteiger partial charge in [0.05, 0.1) is 24.3 Å². The molecule has 0 radical (unpaired) electrons. The molecule has 9 heteroatoms. The van der Waals surface area contributed by atoms with Gasteiger partial charge in [-0.05, 0) is 49.4 Å². The first kappa shape index (κ1) is 19.9. The number of halogens is 2. The second kappa shape index (κ2) is 8.06. The Balaban J connectivity index is 1.77. The third-order valence-electron chi connectivity index (χ3n) is 4.20. The minimum absolute atomic E-state index is 0.00518. The van der Waals surface area contributed by atoms with Crippen LogP contribution < -0.4 is 4.72 Å². The van der Waals surface area contributed by atoms with Crippen molar-refractivity contribution in [2.45, 2.75) is 17.9 Å². The molecule has 1 aliphatic heterocycles. The molecular weight excluding hydrogens is 411 g/mol. The Kier molecular flexibility index (Phi) is 5.95. The van der Waals surface area contributed by atoms with E-state index in [0.29, 0.717) is 31.0 Å². The van der Waals surface area contributed by atoms with Crippen molar-refractivity contribution in [2.24, 2.45) is 0 Å². The van der Waals surface area contributed by atoms with Crippen LogP contribution in [0.1, 0.15) is 17.3 Å². The van der Waals surface area contributed by atoms with Crippen molar-refractivity contribution in [1.82, 2.24) is 4.90 Å². The number of morpholine rings is 1. The molecule has 0 aromatic heterocycles. The third-order valence-corrected chi connectivity index (χ3v) is 6.29. The highest BCUT2D eigenvalue weighted by molar-refractivity contribution is 7.92. The number of rotatable bonds is 4. The van der Waals surface area contributed by atoms with Crippen molar-refractivity contribution < 1.29 is 17.9 Å². The number of carbonyl (C=O) groups is 1. The summed E-state index contributed by atoms with van der Waals surface area (Å²) < 4.78 is 32.9. The van der Waals surface area contributed by atoms with E-state index in [0.717, 1.165) is 0 Å². The van der Waals surface area contributed by atoms with Crippen molar-refractivity contribution in [1.29, 1.82) is 0 Å². The molecule has 0 saturated carbocycles. The number of amides is 1. The second-order valence-corrected chi connectivity index (χ2v) is 8.67. The lowest BCUT2D eigenvalue weighted by Crippen LogP contribution is -2.47. The number of anilines is 1. The largest absolute Gasteiger partial charge is 0.377 e. The lowest BCUT2D eigenvalue weighted by Gasteiger charge is -2.33. The van der Waals surface area contributed by atoms with Crippen molar-refractivity contribution in [2.75, 3.05) is 24.5 Å². The van der Waals surface area contributed by atoms with Gasteiger partial charge in [-0.3, -0.25) is 9.52 Å². The van der Waals surface area contributed by atoms with Crippen molar-refractivity contribution in [3.63, 3.8) is 0 Å². The first-order chi connectivity index (χ1) is 12.8. The molecule has 1 saturated heterocycles. The van der Waals surface area contributed by atoms with Gasteiger partial charge in [0.2, 0.25) is 0 Å². The fourth-order valence-corrected chi connectivity index (χ4v) is 4.59. The van der Waals surface area contributed by atoms with Crippen LogP contribution in [0.25, 0.3) is 0 Å². The van der Waals surface area contributed by atoms with Crippen LogP contribution in [0.5, 0.6) is 0 Å². The van der Waals surface area contributed by atoms with E-state index < -0.39 is 10.0 Å². The molecule has 144 valence electrons. The zero-order valence-corrected chi connectivity index (χ0v) is 16.8. The summed E-state index contributed by atoms with van der Waals surface area (Å²) in [5, 5.41) is 0.334.